The third kappa shape index (κ3) is 4.83. The zero-order chi connectivity index (χ0) is 20.1. The number of ether oxygens (including phenoxy) is 2. The molecule has 0 radical (unpaired) electrons. The Hall–Kier alpha value is -2.72. The first-order valence-electron chi connectivity index (χ1n) is 9.98. The second kappa shape index (κ2) is 9.19. The van der Waals surface area contributed by atoms with Crippen molar-refractivity contribution in [2.45, 2.75) is 50.0 Å². The second-order valence-electron chi connectivity index (χ2n) is 7.19. The average Bonchev–Trinajstić information content (AvgIpc) is 3.16. The van der Waals surface area contributed by atoms with Crippen LogP contribution in [0.15, 0.2) is 29.3 Å². The lowest BCUT2D eigenvalue weighted by Gasteiger charge is -2.15. The number of pyridine rings is 1. The van der Waals surface area contributed by atoms with Gasteiger partial charge in [-0.15, -0.1) is 11.8 Å². The maximum Gasteiger partial charge on any atom is 0.231 e. The van der Waals surface area contributed by atoms with Crippen LogP contribution in [0.4, 0.5) is 5.69 Å². The summed E-state index contributed by atoms with van der Waals surface area (Å²) in [6.07, 6.45) is 7.10. The van der Waals surface area contributed by atoms with Gasteiger partial charge >= 0.3 is 0 Å². The number of hydrogen-bond acceptors (Lipinski definition) is 6. The Labute approximate surface area is 174 Å². The van der Waals surface area contributed by atoms with Gasteiger partial charge in [0.05, 0.1) is 5.56 Å². The van der Waals surface area contributed by atoms with E-state index in [1.807, 2.05) is 6.07 Å². The lowest BCUT2D eigenvalue weighted by molar-refractivity contribution is -0.115. The SMILES string of the molecule is N#Cc1cc2c(nc1SCCC(=O)Nc1ccc3c(c1)OCO3)CCCCCC2. The smallest absolute Gasteiger partial charge is 0.231 e. The Kier molecular flexibility index (Phi) is 6.20. The molecule has 7 heteroatoms. The number of nitriles is 1. The molecule has 6 nitrogen and oxygen atoms in total. The van der Waals surface area contributed by atoms with E-state index in [4.69, 9.17) is 14.5 Å². The largest absolute Gasteiger partial charge is 0.454 e. The number of nitrogens with zero attached hydrogens (tertiary/aromatic N) is 2. The van der Waals surface area contributed by atoms with Gasteiger partial charge in [0.15, 0.2) is 11.5 Å². The van der Waals surface area contributed by atoms with Crippen molar-refractivity contribution in [3.05, 3.63) is 41.1 Å². The van der Waals surface area contributed by atoms with E-state index in [0.717, 1.165) is 36.4 Å². The monoisotopic (exact) mass is 409 g/mol. The lowest BCUT2D eigenvalue weighted by Crippen LogP contribution is -2.12. The summed E-state index contributed by atoms with van der Waals surface area (Å²) < 4.78 is 10.6. The molecule has 0 spiro atoms. The summed E-state index contributed by atoms with van der Waals surface area (Å²) in [5.74, 6) is 1.81. The Morgan fingerprint density at radius 3 is 2.83 bits per heavy atom. The van der Waals surface area contributed by atoms with Crippen molar-refractivity contribution in [1.29, 1.82) is 5.26 Å². The van der Waals surface area contributed by atoms with Gasteiger partial charge in [0.1, 0.15) is 11.1 Å². The summed E-state index contributed by atoms with van der Waals surface area (Å²) in [7, 11) is 0. The van der Waals surface area contributed by atoms with Crippen LogP contribution in [0, 0.1) is 11.3 Å². The normalized spacial score (nSPS) is 15.0. The third-order valence-electron chi connectivity index (χ3n) is 5.11. The molecule has 29 heavy (non-hydrogen) atoms. The van der Waals surface area contributed by atoms with E-state index in [2.05, 4.69) is 11.4 Å². The van der Waals surface area contributed by atoms with Gasteiger partial charge in [-0.3, -0.25) is 4.79 Å². The van der Waals surface area contributed by atoms with Gasteiger partial charge in [-0.2, -0.15) is 5.26 Å². The molecule has 4 rings (SSSR count). The summed E-state index contributed by atoms with van der Waals surface area (Å²) in [4.78, 5) is 17.1. The number of hydrogen-bond donors (Lipinski definition) is 1. The van der Waals surface area contributed by atoms with Crippen molar-refractivity contribution in [1.82, 2.24) is 4.98 Å². The predicted molar refractivity (Wildman–Crippen MR) is 111 cm³/mol. The highest BCUT2D eigenvalue weighted by atomic mass is 32.2. The minimum atomic E-state index is -0.0823. The lowest BCUT2D eigenvalue weighted by atomic mass is 9.96. The molecule has 1 aliphatic carbocycles. The molecule has 2 aliphatic rings. The molecule has 0 unspecified atom stereocenters. The summed E-state index contributed by atoms with van der Waals surface area (Å²) in [5.41, 5.74) is 3.63. The number of thioether (sulfide) groups is 1. The van der Waals surface area contributed by atoms with Crippen molar-refractivity contribution in [3.8, 4) is 17.6 Å². The third-order valence-corrected chi connectivity index (χ3v) is 6.10. The Morgan fingerprint density at radius 2 is 1.97 bits per heavy atom. The van der Waals surface area contributed by atoms with Crippen LogP contribution in [-0.2, 0) is 17.6 Å². The van der Waals surface area contributed by atoms with Gasteiger partial charge < -0.3 is 14.8 Å². The van der Waals surface area contributed by atoms with Gasteiger partial charge in [0.2, 0.25) is 12.7 Å². The van der Waals surface area contributed by atoms with Crippen LogP contribution in [0.3, 0.4) is 0 Å². The summed E-state index contributed by atoms with van der Waals surface area (Å²) >= 11 is 1.48. The molecule has 1 aromatic carbocycles. The molecule has 1 aliphatic heterocycles. The molecule has 1 aromatic heterocycles. The van der Waals surface area contributed by atoms with E-state index in [-0.39, 0.29) is 12.7 Å². The molecule has 1 amide bonds. The zero-order valence-electron chi connectivity index (χ0n) is 16.2. The standard InChI is InChI=1S/C22H23N3O3S/c23-13-16-11-15-5-3-1-2-4-6-18(15)25-22(16)29-10-9-21(26)24-17-7-8-19-20(12-17)28-14-27-19/h7-8,11-12H,1-6,9-10,14H2,(H,24,26). The van der Waals surface area contributed by atoms with E-state index in [0.29, 0.717) is 34.9 Å². The van der Waals surface area contributed by atoms with Crippen LogP contribution in [-0.4, -0.2) is 23.4 Å². The highest BCUT2D eigenvalue weighted by Crippen LogP contribution is 2.34. The molecule has 0 bridgehead atoms. The number of carbonyl (C=O) groups is 1. The number of aryl methyl sites for hydroxylation is 2. The minimum absolute atomic E-state index is 0.0823. The number of fused-ring (bicyclic) bond motifs is 2. The van der Waals surface area contributed by atoms with E-state index in [1.54, 1.807) is 18.2 Å². The topological polar surface area (TPSA) is 84.2 Å². The molecule has 0 saturated carbocycles. The maximum atomic E-state index is 12.3. The molecule has 2 heterocycles. The zero-order valence-corrected chi connectivity index (χ0v) is 17.0. The predicted octanol–water partition coefficient (Wildman–Crippen LogP) is 4.46. The number of benzene rings is 1. The van der Waals surface area contributed by atoms with Crippen LogP contribution in [0.1, 0.15) is 48.9 Å². The van der Waals surface area contributed by atoms with Crippen molar-refractivity contribution in [2.75, 3.05) is 17.9 Å². The van der Waals surface area contributed by atoms with Gasteiger partial charge in [0, 0.05) is 29.6 Å². The molecule has 150 valence electrons. The Bertz CT molecular complexity index is 955. The second-order valence-corrected chi connectivity index (χ2v) is 8.27. The fourth-order valence-electron chi connectivity index (χ4n) is 3.60. The first-order valence-corrected chi connectivity index (χ1v) is 11.0. The number of aromatic nitrogens is 1. The average molecular weight is 410 g/mol. The fraction of sp³-hybridized carbons (Fsp3) is 0.409. The number of carbonyl (C=O) groups excluding carboxylic acids is 1. The summed E-state index contributed by atoms with van der Waals surface area (Å²) in [5, 5.41) is 13.1. The molecular weight excluding hydrogens is 386 g/mol. The number of rotatable bonds is 5. The first kappa shape index (κ1) is 19.6. The molecule has 1 N–H and O–H groups in total. The van der Waals surface area contributed by atoms with Crippen molar-refractivity contribution >= 4 is 23.4 Å². The van der Waals surface area contributed by atoms with E-state index in [1.165, 1.54) is 30.2 Å². The van der Waals surface area contributed by atoms with Gasteiger partial charge in [-0.25, -0.2) is 4.98 Å². The Balaban J connectivity index is 1.35. The minimum Gasteiger partial charge on any atom is -0.454 e. The molecule has 2 aromatic rings. The van der Waals surface area contributed by atoms with E-state index >= 15 is 0 Å². The van der Waals surface area contributed by atoms with Crippen LogP contribution in [0.5, 0.6) is 11.5 Å². The van der Waals surface area contributed by atoms with Crippen LogP contribution < -0.4 is 14.8 Å². The van der Waals surface area contributed by atoms with Crippen LogP contribution in [0.2, 0.25) is 0 Å². The van der Waals surface area contributed by atoms with Gasteiger partial charge in [-0.05, 0) is 49.4 Å². The number of anilines is 1. The summed E-state index contributed by atoms with van der Waals surface area (Å²) in [6, 6.07) is 9.62. The van der Waals surface area contributed by atoms with Crippen molar-refractivity contribution < 1.29 is 14.3 Å². The molecular formula is C22H23N3O3S. The van der Waals surface area contributed by atoms with Gasteiger partial charge in [-0.1, -0.05) is 12.8 Å². The van der Waals surface area contributed by atoms with Crippen molar-refractivity contribution in [3.63, 3.8) is 0 Å². The fourth-order valence-corrected chi connectivity index (χ4v) is 4.51. The van der Waals surface area contributed by atoms with E-state index in [9.17, 15) is 10.1 Å². The number of nitrogens with one attached hydrogen (secondary N) is 1. The van der Waals surface area contributed by atoms with Crippen LogP contribution in [0.25, 0.3) is 0 Å². The highest BCUT2D eigenvalue weighted by Gasteiger charge is 2.16. The molecule has 0 atom stereocenters. The first-order chi connectivity index (χ1) is 14.2. The quantitative estimate of drug-likeness (QED) is 0.734. The van der Waals surface area contributed by atoms with Gasteiger partial charge in [0.25, 0.3) is 0 Å². The summed E-state index contributed by atoms with van der Waals surface area (Å²) in [6.45, 7) is 0.207. The van der Waals surface area contributed by atoms with Crippen LogP contribution >= 0.6 is 11.8 Å². The van der Waals surface area contributed by atoms with E-state index < -0.39 is 0 Å². The maximum absolute atomic E-state index is 12.3. The number of amides is 1. The van der Waals surface area contributed by atoms with Crippen molar-refractivity contribution in [2.24, 2.45) is 0 Å². The molecule has 0 fully saturated rings. The molecule has 0 saturated heterocycles. The Morgan fingerprint density at radius 1 is 1.14 bits per heavy atom. The highest BCUT2D eigenvalue weighted by molar-refractivity contribution is 7.99.